The van der Waals surface area contributed by atoms with Gasteiger partial charge in [-0.1, -0.05) is 401 Å². The van der Waals surface area contributed by atoms with E-state index in [0.29, 0.717) is 37.9 Å². The zero-order valence-electron chi connectivity index (χ0n) is 70.9. The van der Waals surface area contributed by atoms with E-state index in [0.717, 1.165) is 64.2 Å². The second kappa shape index (κ2) is 86.2. The Balaban J connectivity index is -0.0000530. The molecule has 0 radical (unpaired) electrons. The van der Waals surface area contributed by atoms with Crippen molar-refractivity contribution in [3.63, 3.8) is 0 Å². The molecule has 0 aromatic rings. The Hall–Kier alpha value is 0.350. The third-order valence-electron chi connectivity index (χ3n) is 20.7. The number of urea groups is 1. The van der Waals surface area contributed by atoms with Crippen LogP contribution in [0.1, 0.15) is 440 Å². The largest absolute Gasteiger partial charge is 1.00 e. The summed E-state index contributed by atoms with van der Waals surface area (Å²) >= 11 is 0. The molecule has 0 fully saturated rings. The summed E-state index contributed by atoms with van der Waals surface area (Å²) in [6.07, 6.45) is 74.4. The van der Waals surface area contributed by atoms with Crippen LogP contribution in [0.4, 0.5) is 4.79 Å². The summed E-state index contributed by atoms with van der Waals surface area (Å²) in [4.78, 5) is 65.5. The van der Waals surface area contributed by atoms with Crippen LogP contribution in [-0.2, 0) is 46.3 Å². The van der Waals surface area contributed by atoms with Crippen LogP contribution < -0.4 is 90.2 Å². The zero-order chi connectivity index (χ0) is 76.0. The van der Waals surface area contributed by atoms with Gasteiger partial charge in [0.05, 0.1) is 51.7 Å². The van der Waals surface area contributed by atoms with Crippen molar-refractivity contribution in [3.05, 3.63) is 0 Å². The Morgan fingerprint density at radius 2 is 0.500 bits per heavy atom. The fourth-order valence-corrected chi connectivity index (χ4v) is 15.5. The van der Waals surface area contributed by atoms with Gasteiger partial charge in [0.1, 0.15) is 0 Å². The number of phosphoric ester groups is 2. The fraction of sp³-hybridized carbons (Fsp3) is 0.965. The van der Waals surface area contributed by atoms with Gasteiger partial charge in [-0.3, -0.25) is 18.7 Å². The molecule has 0 heterocycles. The zero-order valence-corrected chi connectivity index (χ0v) is 76.7. The molecule has 2 unspecified atom stereocenters. The van der Waals surface area contributed by atoms with Crippen molar-refractivity contribution in [2.24, 2.45) is 11.8 Å². The second-order valence-corrected chi connectivity index (χ2v) is 33.8. The summed E-state index contributed by atoms with van der Waals surface area (Å²) in [7, 11) is -9.75. The van der Waals surface area contributed by atoms with Crippen molar-refractivity contribution in [1.29, 1.82) is 0 Å². The van der Waals surface area contributed by atoms with Crippen molar-refractivity contribution < 1.29 is 120 Å². The van der Waals surface area contributed by atoms with Gasteiger partial charge < -0.3 is 58.6 Å². The van der Waals surface area contributed by atoms with Gasteiger partial charge in [-0.05, 0) is 37.5 Å². The molecular weight excluding hydrogens is 1390 g/mol. The van der Waals surface area contributed by atoms with E-state index < -0.39 is 47.0 Å². The van der Waals surface area contributed by atoms with Gasteiger partial charge in [0.2, 0.25) is 11.8 Å². The minimum Gasteiger partial charge on any atom is -0.756 e. The summed E-state index contributed by atoms with van der Waals surface area (Å²) in [5.41, 5.74) is 0. The van der Waals surface area contributed by atoms with E-state index in [1.807, 2.05) is 0 Å². The van der Waals surface area contributed by atoms with Crippen LogP contribution in [0.3, 0.4) is 0 Å². The quantitative estimate of drug-likeness (QED) is 0.0252. The molecule has 17 nitrogen and oxygen atoms in total. The molecule has 0 saturated carbocycles. The molecule has 0 aliphatic heterocycles. The first-order chi connectivity index (χ1) is 50.7. The van der Waals surface area contributed by atoms with Crippen LogP contribution in [0.5, 0.6) is 0 Å². The number of hydrogen-bond acceptors (Lipinski definition) is 13. The third kappa shape index (κ3) is 82.3. The Morgan fingerprint density at radius 3 is 0.736 bits per heavy atom. The Kier molecular flexibility index (Phi) is 89.9. The van der Waals surface area contributed by atoms with E-state index in [4.69, 9.17) is 27.6 Å². The van der Waals surface area contributed by atoms with Gasteiger partial charge in [-0.15, -0.1) is 0 Å². The smallest absolute Gasteiger partial charge is 0.756 e. The van der Waals surface area contributed by atoms with E-state index in [1.54, 1.807) is 0 Å². The van der Waals surface area contributed by atoms with Crippen LogP contribution in [0.15, 0.2) is 0 Å². The minimum absolute atomic E-state index is 0. The molecule has 0 aliphatic carbocycles. The molecule has 620 valence electrons. The molecule has 0 rings (SSSR count). The summed E-state index contributed by atoms with van der Waals surface area (Å²) in [6, 6.07) is -2.14. The second-order valence-electron chi connectivity index (χ2n) is 30.9. The molecule has 21 heteroatoms. The average molecular weight is 1560 g/mol. The van der Waals surface area contributed by atoms with Crippen molar-refractivity contribution >= 4 is 33.5 Å². The molecule has 0 saturated heterocycles. The molecule has 4 amide bonds. The fourth-order valence-electron chi connectivity index (χ4n) is 14.0. The van der Waals surface area contributed by atoms with Gasteiger partial charge in [-0.2, -0.15) is 0 Å². The maximum atomic E-state index is 13.3. The standard InChI is InChI=1S/C85H172N4O13P2.2Na/c1-7-13-19-25-29-33-37-41-45-51-57-63-79(61-55-49-23-17-11-5)67-71-97-75-81(88-83(90)65-59-53-47-43-39-35-31-27-21-15-9-3)77-101-103(93,94)99-73-69-86-85(92)87-70-74-100-104(95,96)102-78-82(89-84(91)66-60-54-48-44-40-36-32-28-22-16-10-4)76-98-72-68-80(62-56-50-24-18-12-6)64-58-52-46-42-38-34-30-26-20-14-8-2;;/h79-82H,7-78H2,1-6H3,(H,88,90)(H,89,91)(H,93,94)(H,95,96)(H2,86,87,92);;/q;2*+1/p-2/t79-,80-,81-,82-;;/m1../s1. The first kappa shape index (κ1) is 111. The van der Waals surface area contributed by atoms with Crippen molar-refractivity contribution in [1.82, 2.24) is 21.3 Å². The van der Waals surface area contributed by atoms with E-state index in [2.05, 4.69) is 62.8 Å². The van der Waals surface area contributed by atoms with Gasteiger partial charge in [0, 0.05) is 39.1 Å². The van der Waals surface area contributed by atoms with E-state index in [1.165, 1.54) is 321 Å². The summed E-state index contributed by atoms with van der Waals surface area (Å²) in [5, 5.41) is 11.0. The van der Waals surface area contributed by atoms with Gasteiger partial charge in [0.15, 0.2) is 0 Å². The van der Waals surface area contributed by atoms with E-state index in [9.17, 15) is 33.3 Å². The number of carbonyl (C=O) groups is 3. The number of unbranched alkanes of at least 4 members (excludes halogenated alkanes) is 48. The predicted octanol–water partition coefficient (Wildman–Crippen LogP) is 17.8. The van der Waals surface area contributed by atoms with Gasteiger partial charge in [0.25, 0.3) is 15.6 Å². The summed E-state index contributed by atoms with van der Waals surface area (Å²) in [6.45, 7) is 12.7. The molecule has 4 N–H and O–H groups in total. The van der Waals surface area contributed by atoms with E-state index >= 15 is 0 Å². The molecule has 0 aliphatic rings. The SMILES string of the molecule is CCCCCCCCCCCCCC(=O)N[C@H](COCC[C@H](CCCCCCC)CCCCCCCCCCCCC)COP(=O)([O-])OCCNC(=O)NCCOP(=O)([O-])OC[C@@H](COCC[C@H](CCCCCCC)CCCCCCCCCCCCC)NC(=O)CCCCCCCCCCCCC.[Na+].[Na+]. The van der Waals surface area contributed by atoms with Crippen molar-refractivity contribution in [2.75, 3.05) is 65.9 Å². The normalized spacial score (nSPS) is 13.8. The number of hydrogen-bond donors (Lipinski definition) is 4. The number of rotatable bonds is 86. The molecule has 0 aromatic carbocycles. The van der Waals surface area contributed by atoms with Crippen LogP contribution in [0.25, 0.3) is 0 Å². The number of carbonyl (C=O) groups excluding carboxylic acids is 3. The number of ether oxygens (including phenoxy) is 2. The topological polar surface area (TPSA) is 235 Å². The molecule has 6 atom stereocenters. The maximum Gasteiger partial charge on any atom is 1.00 e. The first-order valence-corrected chi connectivity index (χ1v) is 47.6. The van der Waals surface area contributed by atoms with Gasteiger partial charge in [-0.25, -0.2) is 4.79 Å². The van der Waals surface area contributed by atoms with E-state index in [-0.39, 0.29) is 110 Å². The Bertz CT molecular complexity index is 1810. The molecule has 106 heavy (non-hydrogen) atoms. The maximum absolute atomic E-state index is 13.3. The van der Waals surface area contributed by atoms with Crippen molar-refractivity contribution in [3.8, 4) is 0 Å². The van der Waals surface area contributed by atoms with Crippen molar-refractivity contribution in [2.45, 2.75) is 452 Å². The molecule has 0 bridgehead atoms. The summed E-state index contributed by atoms with van der Waals surface area (Å²) < 4.78 is 59.5. The Morgan fingerprint density at radius 1 is 0.283 bits per heavy atom. The van der Waals surface area contributed by atoms with Crippen LogP contribution in [0.2, 0.25) is 0 Å². The van der Waals surface area contributed by atoms with Gasteiger partial charge >= 0.3 is 65.1 Å². The first-order valence-electron chi connectivity index (χ1n) is 44.7. The minimum atomic E-state index is -4.88. The number of nitrogens with one attached hydrogen (secondary N) is 4. The third-order valence-corrected chi connectivity index (χ3v) is 22.7. The summed E-state index contributed by atoms with van der Waals surface area (Å²) in [5.74, 6) is 0.763. The number of phosphoric acid groups is 2. The van der Waals surface area contributed by atoms with Crippen LogP contribution in [0, 0.1) is 11.8 Å². The monoisotopic (exact) mass is 1560 g/mol. The molecular formula is C85H170N4Na2O13P2. The average Bonchev–Trinajstić information content (AvgIpc) is 0.918. The Labute approximate surface area is 698 Å². The number of amides is 4. The van der Waals surface area contributed by atoms with Crippen LogP contribution >= 0.6 is 15.6 Å². The molecule has 0 spiro atoms. The molecule has 0 aromatic heterocycles. The van der Waals surface area contributed by atoms with Crippen LogP contribution in [-0.4, -0.2) is 95.9 Å². The predicted molar refractivity (Wildman–Crippen MR) is 433 cm³/mol.